The molecule has 0 saturated heterocycles. The minimum atomic E-state index is -1.71. The van der Waals surface area contributed by atoms with Gasteiger partial charge in [-0.1, -0.05) is 0 Å². The molecule has 0 aromatic rings. The van der Waals surface area contributed by atoms with Gasteiger partial charge in [0, 0.05) is 5.97 Å². The van der Waals surface area contributed by atoms with E-state index in [9.17, 15) is 19.8 Å². The molecular weight excluding hydrogens is 190 g/mol. The van der Waals surface area contributed by atoms with Gasteiger partial charge in [0.2, 0.25) is 0 Å². The SMILES string of the molecule is O=C([O-])[13CH2][13CH2][13CH](O)[13C](=O)[O-].[Na+].[Na+]. The van der Waals surface area contributed by atoms with Crippen molar-refractivity contribution < 1.29 is 84.0 Å². The van der Waals surface area contributed by atoms with Crippen LogP contribution in [-0.2, 0) is 9.59 Å². The Hall–Kier alpha value is 0.900. The number of aliphatic hydroxyl groups is 1. The topological polar surface area (TPSA) is 100 Å². The molecule has 0 saturated carbocycles. The van der Waals surface area contributed by atoms with E-state index in [1.165, 1.54) is 0 Å². The van der Waals surface area contributed by atoms with Gasteiger partial charge in [-0.05, 0) is 12.8 Å². The van der Waals surface area contributed by atoms with Crippen LogP contribution in [0, 0.1) is 0 Å². The first-order valence-electron chi connectivity index (χ1n) is 2.63. The first-order chi connectivity index (χ1) is 4.54. The molecule has 0 aliphatic heterocycles. The zero-order valence-electron chi connectivity index (χ0n) is 7.07. The van der Waals surface area contributed by atoms with Crippen molar-refractivity contribution in [2.45, 2.75) is 18.9 Å². The summed E-state index contributed by atoms with van der Waals surface area (Å²) >= 11 is 0. The third-order valence-electron chi connectivity index (χ3n) is 0.894. The summed E-state index contributed by atoms with van der Waals surface area (Å²) in [6.45, 7) is 0. The normalized spacial score (nSPS) is 10.4. The van der Waals surface area contributed by atoms with E-state index in [-0.39, 0.29) is 65.5 Å². The Kier molecular flexibility index (Phi) is 15.5. The van der Waals surface area contributed by atoms with Gasteiger partial charge in [-0.2, -0.15) is 0 Å². The first-order valence-corrected chi connectivity index (χ1v) is 2.63. The Morgan fingerprint density at radius 1 is 1.25 bits per heavy atom. The van der Waals surface area contributed by atoms with Gasteiger partial charge < -0.3 is 24.9 Å². The average molecular weight is 196 g/mol. The van der Waals surface area contributed by atoms with Crippen molar-refractivity contribution in [1.29, 1.82) is 0 Å². The molecule has 0 aromatic heterocycles. The third kappa shape index (κ3) is 10.9. The largest absolute Gasteiger partial charge is 1.00 e. The number of aliphatic carboxylic acids is 2. The minimum absolute atomic E-state index is 0. The molecule has 7 heteroatoms. The van der Waals surface area contributed by atoms with Gasteiger partial charge in [-0.3, -0.25) is 0 Å². The van der Waals surface area contributed by atoms with Crippen LogP contribution in [0.3, 0.4) is 0 Å². The molecule has 0 spiro atoms. The molecule has 0 radical (unpaired) electrons. The van der Waals surface area contributed by atoms with Gasteiger partial charge in [0.25, 0.3) is 0 Å². The van der Waals surface area contributed by atoms with Crippen LogP contribution in [0.2, 0.25) is 0 Å². The van der Waals surface area contributed by atoms with E-state index < -0.39 is 24.5 Å². The number of rotatable bonds is 4. The van der Waals surface area contributed by atoms with Crippen LogP contribution in [0.5, 0.6) is 0 Å². The van der Waals surface area contributed by atoms with E-state index in [0.717, 1.165) is 0 Å². The van der Waals surface area contributed by atoms with Crippen LogP contribution >= 0.6 is 0 Å². The van der Waals surface area contributed by atoms with Gasteiger partial charge in [0.05, 0.1) is 12.1 Å². The summed E-state index contributed by atoms with van der Waals surface area (Å²) in [4.78, 5) is 19.4. The van der Waals surface area contributed by atoms with E-state index in [4.69, 9.17) is 5.11 Å². The Bertz CT molecular complexity index is 149. The summed E-state index contributed by atoms with van der Waals surface area (Å²) in [5.41, 5.74) is 0. The van der Waals surface area contributed by atoms with E-state index in [1.807, 2.05) is 0 Å². The van der Waals surface area contributed by atoms with Crippen LogP contribution in [0.1, 0.15) is 12.8 Å². The van der Waals surface area contributed by atoms with Crippen LogP contribution in [0.4, 0.5) is 0 Å². The number of hydrogen-bond donors (Lipinski definition) is 1. The Morgan fingerprint density at radius 3 is 1.92 bits per heavy atom. The standard InChI is InChI=1S/C5H8O5.2Na/c6-3(5(9)10)1-2-4(7)8;;/h3,6H,1-2H2,(H,7,8)(H,9,10);;/q;2*+1/p-2/i1+1,2+1,3+1,5+1;;. The van der Waals surface area contributed by atoms with Crippen LogP contribution < -0.4 is 69.3 Å². The molecule has 0 fully saturated rings. The summed E-state index contributed by atoms with van der Waals surface area (Å²) in [5, 5.41) is 27.9. The molecule has 1 unspecified atom stereocenters. The maximum Gasteiger partial charge on any atom is 1.00 e. The fraction of sp³-hybridized carbons (Fsp3) is 0.600. The number of hydrogen-bond acceptors (Lipinski definition) is 5. The molecule has 0 heterocycles. The molecule has 12 heavy (non-hydrogen) atoms. The minimum Gasteiger partial charge on any atom is -0.550 e. The predicted molar refractivity (Wildman–Crippen MR) is 25.3 cm³/mol. The van der Waals surface area contributed by atoms with Gasteiger partial charge in [-0.15, -0.1) is 0 Å². The summed E-state index contributed by atoms with van der Waals surface area (Å²) in [6.07, 6.45) is -2.56. The van der Waals surface area contributed by atoms with E-state index >= 15 is 0 Å². The monoisotopic (exact) mass is 196 g/mol. The Balaban J connectivity index is -0.000000405. The number of carbonyl (C=O) groups is 2. The van der Waals surface area contributed by atoms with Crippen molar-refractivity contribution in [2.75, 3.05) is 0 Å². The maximum absolute atomic E-state index is 9.74. The summed E-state index contributed by atoms with van der Waals surface area (Å²) in [7, 11) is 0. The van der Waals surface area contributed by atoms with Crippen molar-refractivity contribution in [3.63, 3.8) is 0 Å². The Labute approximate surface area is 114 Å². The number of aliphatic hydroxyl groups excluding tert-OH is 1. The molecule has 1 N–H and O–H groups in total. The molecular formula is C5H6Na2O5. The maximum atomic E-state index is 9.74. The summed E-state index contributed by atoms with van der Waals surface area (Å²) in [5.74, 6) is -3.05. The van der Waals surface area contributed by atoms with E-state index in [1.54, 1.807) is 0 Å². The van der Waals surface area contributed by atoms with Gasteiger partial charge in [-0.25, -0.2) is 0 Å². The van der Waals surface area contributed by atoms with Crippen molar-refractivity contribution in [2.24, 2.45) is 0 Å². The fourth-order valence-electron chi connectivity index (χ4n) is 0.372. The number of carbonyl (C=O) groups excluding carboxylic acids is 2. The molecule has 0 rings (SSSR count). The van der Waals surface area contributed by atoms with Crippen molar-refractivity contribution in [3.8, 4) is 0 Å². The molecule has 0 bridgehead atoms. The van der Waals surface area contributed by atoms with Crippen LogP contribution in [0.15, 0.2) is 0 Å². The predicted octanol–water partition coefficient (Wildman–Crippen LogP) is -9.36. The second-order valence-electron chi connectivity index (χ2n) is 1.75. The van der Waals surface area contributed by atoms with Gasteiger partial charge >= 0.3 is 59.1 Å². The molecule has 0 aliphatic carbocycles. The summed E-state index contributed by atoms with van der Waals surface area (Å²) < 4.78 is 0. The van der Waals surface area contributed by atoms with Gasteiger partial charge in [0.15, 0.2) is 0 Å². The smallest absolute Gasteiger partial charge is 0.550 e. The van der Waals surface area contributed by atoms with Gasteiger partial charge in [0.1, 0.15) is 0 Å². The average Bonchev–Trinajstić information content (AvgIpc) is 1.82. The number of carboxylic acids is 2. The molecule has 0 amide bonds. The van der Waals surface area contributed by atoms with Crippen LogP contribution in [0.25, 0.3) is 0 Å². The molecule has 1 atom stereocenters. The van der Waals surface area contributed by atoms with Crippen molar-refractivity contribution >= 4 is 11.9 Å². The fourth-order valence-corrected chi connectivity index (χ4v) is 0.372. The quantitative estimate of drug-likeness (QED) is 0.355. The second kappa shape index (κ2) is 9.98. The molecule has 0 aromatic carbocycles. The molecule has 5 nitrogen and oxygen atoms in total. The molecule has 58 valence electrons. The van der Waals surface area contributed by atoms with E-state index in [2.05, 4.69) is 0 Å². The zero-order valence-corrected chi connectivity index (χ0v) is 11.1. The van der Waals surface area contributed by atoms with Crippen LogP contribution in [-0.4, -0.2) is 23.1 Å². The van der Waals surface area contributed by atoms with Crippen molar-refractivity contribution in [1.82, 2.24) is 0 Å². The Morgan fingerprint density at radius 2 is 1.67 bits per heavy atom. The second-order valence-corrected chi connectivity index (χ2v) is 1.75. The number of carboxylic acid groups (broad SMARTS) is 2. The third-order valence-corrected chi connectivity index (χ3v) is 0.894. The molecule has 0 aliphatic rings. The first kappa shape index (κ1) is 18.6. The van der Waals surface area contributed by atoms with E-state index in [0.29, 0.717) is 0 Å². The van der Waals surface area contributed by atoms with Crippen molar-refractivity contribution in [3.05, 3.63) is 0 Å². The zero-order chi connectivity index (χ0) is 8.15. The summed E-state index contributed by atoms with van der Waals surface area (Å²) in [6, 6.07) is 0.